The maximum Gasteiger partial charge on any atom is 0.185 e. The van der Waals surface area contributed by atoms with Crippen LogP contribution < -0.4 is 0 Å². The monoisotopic (exact) mass is 314 g/mol. The maximum atomic E-state index is 12.5. The fraction of sp³-hybridized carbons (Fsp3) is 0.143. The van der Waals surface area contributed by atoms with Crippen molar-refractivity contribution in [3.8, 4) is 0 Å². The average molecular weight is 315 g/mol. The van der Waals surface area contributed by atoms with Crippen LogP contribution in [-0.2, 0) is 9.84 Å². The van der Waals surface area contributed by atoms with Gasteiger partial charge in [-0.05, 0) is 36.8 Å². The normalized spacial score (nSPS) is 13.2. The lowest BCUT2D eigenvalue weighted by atomic mass is 10.2. The van der Waals surface area contributed by atoms with Gasteiger partial charge in [-0.3, -0.25) is 0 Å². The number of hydrogen-bond donors (Lipinski definition) is 0. The summed E-state index contributed by atoms with van der Waals surface area (Å²) in [7, 11) is -3.45. The molecule has 0 N–H and O–H groups in total. The highest BCUT2D eigenvalue weighted by Gasteiger charge is 2.26. The van der Waals surface area contributed by atoms with Crippen molar-refractivity contribution in [3.63, 3.8) is 0 Å². The Hall–Kier alpha value is -1.03. The van der Waals surface area contributed by atoms with Crippen molar-refractivity contribution in [3.05, 3.63) is 64.1 Å². The van der Waals surface area contributed by atoms with E-state index >= 15 is 0 Å². The van der Waals surface area contributed by atoms with Crippen LogP contribution in [0.1, 0.15) is 17.7 Å². The maximum absolute atomic E-state index is 12.5. The molecule has 0 unspecified atom stereocenters. The van der Waals surface area contributed by atoms with Gasteiger partial charge in [-0.25, -0.2) is 8.42 Å². The minimum absolute atomic E-state index is 0.286. The number of halogens is 2. The van der Waals surface area contributed by atoms with E-state index in [1.54, 1.807) is 55.5 Å². The SMILES string of the molecule is C[C@H](c1ccc(Cl)cc1Cl)S(=O)(=O)c1ccccc1. The molecule has 2 nitrogen and oxygen atoms in total. The van der Waals surface area contributed by atoms with Crippen LogP contribution in [0.5, 0.6) is 0 Å². The van der Waals surface area contributed by atoms with E-state index in [9.17, 15) is 8.42 Å². The van der Waals surface area contributed by atoms with E-state index in [4.69, 9.17) is 23.2 Å². The molecule has 0 heterocycles. The first-order valence-electron chi connectivity index (χ1n) is 5.67. The molecule has 0 spiro atoms. The average Bonchev–Trinajstić information content (AvgIpc) is 2.39. The fourth-order valence-corrected chi connectivity index (χ4v) is 3.93. The molecule has 1 atom stereocenters. The van der Waals surface area contributed by atoms with Crippen LogP contribution in [0, 0.1) is 0 Å². The molecule has 0 fully saturated rings. The second-order valence-corrected chi connectivity index (χ2v) is 7.28. The summed E-state index contributed by atoms with van der Waals surface area (Å²) >= 11 is 11.9. The summed E-state index contributed by atoms with van der Waals surface area (Å²) < 4.78 is 25.0. The molecule has 2 rings (SSSR count). The van der Waals surface area contributed by atoms with Gasteiger partial charge in [-0.1, -0.05) is 47.5 Å². The Bertz CT molecular complexity index is 682. The van der Waals surface area contributed by atoms with Gasteiger partial charge in [0.25, 0.3) is 0 Å². The van der Waals surface area contributed by atoms with Gasteiger partial charge in [0.05, 0.1) is 10.1 Å². The van der Waals surface area contributed by atoms with Crippen LogP contribution in [0.25, 0.3) is 0 Å². The molecule has 0 saturated heterocycles. The molecule has 19 heavy (non-hydrogen) atoms. The van der Waals surface area contributed by atoms with Crippen molar-refractivity contribution >= 4 is 33.0 Å². The lowest BCUT2D eigenvalue weighted by Gasteiger charge is -2.15. The number of benzene rings is 2. The first-order valence-corrected chi connectivity index (χ1v) is 7.97. The van der Waals surface area contributed by atoms with Crippen molar-refractivity contribution in [1.82, 2.24) is 0 Å². The zero-order chi connectivity index (χ0) is 14.0. The van der Waals surface area contributed by atoms with E-state index in [0.717, 1.165) is 0 Å². The highest BCUT2D eigenvalue weighted by Crippen LogP contribution is 2.33. The molecule has 0 aliphatic carbocycles. The minimum Gasteiger partial charge on any atom is -0.223 e. The largest absolute Gasteiger partial charge is 0.223 e. The molecule has 0 aromatic heterocycles. The molecule has 0 saturated carbocycles. The smallest absolute Gasteiger partial charge is 0.185 e. The molecule has 2 aromatic rings. The third-order valence-corrected chi connectivity index (χ3v) is 5.61. The summed E-state index contributed by atoms with van der Waals surface area (Å²) in [5.41, 5.74) is 0.551. The zero-order valence-corrected chi connectivity index (χ0v) is 12.5. The van der Waals surface area contributed by atoms with E-state index in [0.29, 0.717) is 15.6 Å². The van der Waals surface area contributed by atoms with Gasteiger partial charge in [0, 0.05) is 10.0 Å². The molecule has 0 amide bonds. The van der Waals surface area contributed by atoms with Crippen LogP contribution in [0.15, 0.2) is 53.4 Å². The van der Waals surface area contributed by atoms with Gasteiger partial charge in [0.15, 0.2) is 9.84 Å². The third kappa shape index (κ3) is 2.94. The number of hydrogen-bond acceptors (Lipinski definition) is 2. The Morgan fingerprint density at radius 3 is 2.21 bits per heavy atom. The van der Waals surface area contributed by atoms with Crippen LogP contribution >= 0.6 is 23.2 Å². The Balaban J connectivity index is 2.47. The van der Waals surface area contributed by atoms with Crippen molar-refractivity contribution in [2.75, 3.05) is 0 Å². The summed E-state index contributed by atoms with van der Waals surface area (Å²) in [5, 5.41) is 0.122. The van der Waals surface area contributed by atoms with Gasteiger partial charge in [0.2, 0.25) is 0 Å². The molecular weight excluding hydrogens is 303 g/mol. The van der Waals surface area contributed by atoms with Gasteiger partial charge in [-0.15, -0.1) is 0 Å². The molecule has 0 aliphatic rings. The van der Waals surface area contributed by atoms with E-state index < -0.39 is 15.1 Å². The van der Waals surface area contributed by atoms with Gasteiger partial charge in [-0.2, -0.15) is 0 Å². The Labute approximate surface area is 122 Å². The molecule has 2 aromatic carbocycles. The minimum atomic E-state index is -3.45. The van der Waals surface area contributed by atoms with Crippen molar-refractivity contribution in [2.24, 2.45) is 0 Å². The number of rotatable bonds is 3. The summed E-state index contributed by atoms with van der Waals surface area (Å²) in [5.74, 6) is 0. The van der Waals surface area contributed by atoms with E-state index in [1.165, 1.54) is 0 Å². The molecule has 0 radical (unpaired) electrons. The van der Waals surface area contributed by atoms with E-state index in [1.807, 2.05) is 0 Å². The quantitative estimate of drug-likeness (QED) is 0.834. The predicted molar refractivity (Wildman–Crippen MR) is 78.5 cm³/mol. The van der Waals surface area contributed by atoms with Gasteiger partial charge >= 0.3 is 0 Å². The van der Waals surface area contributed by atoms with E-state index in [2.05, 4.69) is 0 Å². The summed E-state index contributed by atoms with van der Waals surface area (Å²) in [6.45, 7) is 1.62. The van der Waals surface area contributed by atoms with Crippen molar-refractivity contribution in [2.45, 2.75) is 17.1 Å². The molecular formula is C14H12Cl2O2S. The predicted octanol–water partition coefficient (Wildman–Crippen LogP) is 4.53. The number of sulfone groups is 1. The van der Waals surface area contributed by atoms with E-state index in [-0.39, 0.29) is 4.90 Å². The lowest BCUT2D eigenvalue weighted by molar-refractivity contribution is 0.586. The summed E-state index contributed by atoms with van der Waals surface area (Å²) in [4.78, 5) is 0.286. The molecule has 0 aliphatic heterocycles. The molecule has 0 bridgehead atoms. The van der Waals surface area contributed by atoms with Crippen molar-refractivity contribution < 1.29 is 8.42 Å². The summed E-state index contributed by atoms with van der Waals surface area (Å²) in [6.07, 6.45) is 0. The fourth-order valence-electron chi connectivity index (χ4n) is 1.81. The second-order valence-electron chi connectivity index (χ2n) is 4.17. The first kappa shape index (κ1) is 14.4. The van der Waals surface area contributed by atoms with Crippen molar-refractivity contribution in [1.29, 1.82) is 0 Å². The highest BCUT2D eigenvalue weighted by molar-refractivity contribution is 7.91. The van der Waals surface area contributed by atoms with Crippen LogP contribution in [-0.4, -0.2) is 8.42 Å². The zero-order valence-electron chi connectivity index (χ0n) is 10.2. The van der Waals surface area contributed by atoms with Crippen LogP contribution in [0.4, 0.5) is 0 Å². The Morgan fingerprint density at radius 1 is 1.00 bits per heavy atom. The van der Waals surface area contributed by atoms with Gasteiger partial charge in [0.1, 0.15) is 0 Å². The lowest BCUT2D eigenvalue weighted by Crippen LogP contribution is -2.11. The standard InChI is InChI=1S/C14H12Cl2O2S/c1-10(13-8-7-11(15)9-14(13)16)19(17,18)12-5-3-2-4-6-12/h2-10H,1H3/t10-/m1/s1. The van der Waals surface area contributed by atoms with Crippen LogP contribution in [0.2, 0.25) is 10.0 Å². The second kappa shape index (κ2) is 5.53. The van der Waals surface area contributed by atoms with Gasteiger partial charge < -0.3 is 0 Å². The molecule has 5 heteroatoms. The highest BCUT2D eigenvalue weighted by atomic mass is 35.5. The first-order chi connectivity index (χ1) is 8.93. The summed E-state index contributed by atoms with van der Waals surface area (Å²) in [6, 6.07) is 13.2. The van der Waals surface area contributed by atoms with Crippen LogP contribution in [0.3, 0.4) is 0 Å². The Morgan fingerprint density at radius 2 is 1.63 bits per heavy atom. The third-order valence-electron chi connectivity index (χ3n) is 2.94. The topological polar surface area (TPSA) is 34.1 Å². The Kier molecular flexibility index (Phi) is 4.19. The molecule has 100 valence electrons.